The van der Waals surface area contributed by atoms with Crippen molar-refractivity contribution in [1.29, 1.82) is 0 Å². The van der Waals surface area contributed by atoms with Crippen LogP contribution in [0.2, 0.25) is 0 Å². The van der Waals surface area contributed by atoms with E-state index in [1.165, 1.54) is 128 Å². The Morgan fingerprint density at radius 3 is 1.00 bits per heavy atom. The molecule has 1 aliphatic rings. The van der Waals surface area contributed by atoms with Gasteiger partial charge in [-0.2, -0.15) is 0 Å². The summed E-state index contributed by atoms with van der Waals surface area (Å²) < 4.78 is 25.9. The van der Waals surface area contributed by atoms with Crippen molar-refractivity contribution < 1.29 is 23.7 Å². The van der Waals surface area contributed by atoms with Crippen LogP contribution in [0.1, 0.15) is 237 Å². The van der Waals surface area contributed by atoms with Gasteiger partial charge >= 0.3 is 5.97 Å². The molecular weight excluding hydrogens is 779 g/mol. The Morgan fingerprint density at radius 1 is 0.413 bits per heavy atom. The number of likely N-dealkylation sites (tertiary alicyclic amines) is 1. The van der Waals surface area contributed by atoms with Crippen LogP contribution in [0.5, 0.6) is 0 Å². The average Bonchev–Trinajstić information content (AvgIpc) is 3.74. The highest BCUT2D eigenvalue weighted by Crippen LogP contribution is 2.26. The topological polar surface area (TPSA) is 57.2 Å². The molecule has 0 bridgehead atoms. The standard InChI is InChI=1S/C57H113NO5/c1-47(2)21-15-24-50(7)27-18-30-53(10)34-40-60-43-57(46-63-56(59)33-39-58-37-13-14-38-58,44-61-41-35-54(11)31-19-28-51(8)25-16-22-48(3)4)45-62-42-36-55(12)32-20-29-52(9)26-17-23-49(5)6/h47-55H,13-46H2,1-12H3. The number of rotatable bonds is 44. The fourth-order valence-electron chi connectivity index (χ4n) is 9.46. The van der Waals surface area contributed by atoms with Gasteiger partial charge in [0.2, 0.25) is 0 Å². The first-order valence-corrected chi connectivity index (χ1v) is 27.7. The molecule has 0 aromatic rings. The number of carbonyl (C=O) groups excluding carboxylic acids is 1. The molecule has 6 atom stereocenters. The van der Waals surface area contributed by atoms with Crippen molar-refractivity contribution in [3.05, 3.63) is 0 Å². The van der Waals surface area contributed by atoms with Crippen molar-refractivity contribution in [2.24, 2.45) is 58.7 Å². The van der Waals surface area contributed by atoms with Gasteiger partial charge in [0.25, 0.3) is 0 Å². The summed E-state index contributed by atoms with van der Waals surface area (Å²) in [6.07, 6.45) is 29.9. The SMILES string of the molecule is CC(C)CCCC(C)CCCC(C)CCOCC(COCCC(C)CCCC(C)CCCC(C)C)(COCCC(C)CCCC(C)CCCC(C)C)COC(=O)CCN1CCCC1. The molecule has 376 valence electrons. The van der Waals surface area contributed by atoms with Crippen LogP contribution in [-0.4, -0.2) is 76.8 Å². The molecule has 1 fully saturated rings. The fraction of sp³-hybridized carbons (Fsp3) is 0.982. The Bertz CT molecular complexity index is 928. The maximum atomic E-state index is 13.2. The van der Waals surface area contributed by atoms with Crippen LogP contribution in [0.4, 0.5) is 0 Å². The molecule has 0 saturated carbocycles. The van der Waals surface area contributed by atoms with Gasteiger partial charge in [0.05, 0.1) is 31.7 Å². The van der Waals surface area contributed by atoms with Gasteiger partial charge in [0.1, 0.15) is 6.61 Å². The second kappa shape index (κ2) is 38.3. The molecular formula is C57H113NO5. The molecule has 6 nitrogen and oxygen atoms in total. The van der Waals surface area contributed by atoms with E-state index in [0.29, 0.717) is 44.0 Å². The number of hydrogen-bond donors (Lipinski definition) is 0. The maximum Gasteiger partial charge on any atom is 0.307 e. The van der Waals surface area contributed by atoms with Crippen LogP contribution in [0, 0.1) is 58.7 Å². The smallest absolute Gasteiger partial charge is 0.307 e. The number of carbonyl (C=O) groups is 1. The highest BCUT2D eigenvalue weighted by atomic mass is 16.5. The van der Waals surface area contributed by atoms with Gasteiger partial charge in [-0.05, 0) is 98.5 Å². The van der Waals surface area contributed by atoms with Crippen LogP contribution in [0.25, 0.3) is 0 Å². The van der Waals surface area contributed by atoms with Gasteiger partial charge in [0.15, 0.2) is 0 Å². The normalized spacial score (nSPS) is 17.6. The van der Waals surface area contributed by atoms with Crippen LogP contribution >= 0.6 is 0 Å². The van der Waals surface area contributed by atoms with Gasteiger partial charge in [0, 0.05) is 26.4 Å². The number of esters is 1. The summed E-state index contributed by atoms with van der Waals surface area (Å²) in [4.78, 5) is 15.6. The first-order valence-electron chi connectivity index (χ1n) is 27.7. The second-order valence-corrected chi connectivity index (χ2v) is 23.4. The van der Waals surface area contributed by atoms with Crippen LogP contribution in [0.15, 0.2) is 0 Å². The van der Waals surface area contributed by atoms with E-state index < -0.39 is 5.41 Å². The number of nitrogens with zero attached hydrogens (tertiary/aromatic N) is 1. The zero-order valence-corrected chi connectivity index (χ0v) is 44.7. The summed E-state index contributed by atoms with van der Waals surface area (Å²) in [5.41, 5.74) is -0.527. The van der Waals surface area contributed by atoms with E-state index in [4.69, 9.17) is 18.9 Å². The lowest BCUT2D eigenvalue weighted by Crippen LogP contribution is -2.43. The van der Waals surface area contributed by atoms with Gasteiger partial charge in [-0.1, -0.05) is 199 Å². The van der Waals surface area contributed by atoms with E-state index in [9.17, 15) is 4.79 Å². The molecule has 0 aromatic carbocycles. The largest absolute Gasteiger partial charge is 0.465 e. The van der Waals surface area contributed by atoms with E-state index in [0.717, 1.165) is 94.2 Å². The molecule has 1 heterocycles. The van der Waals surface area contributed by atoms with E-state index in [2.05, 4.69) is 88.0 Å². The fourth-order valence-corrected chi connectivity index (χ4v) is 9.46. The third kappa shape index (κ3) is 36.1. The van der Waals surface area contributed by atoms with E-state index in [-0.39, 0.29) is 12.6 Å². The summed E-state index contributed by atoms with van der Waals surface area (Å²) in [6.45, 7) is 35.3. The Hall–Kier alpha value is -0.690. The lowest BCUT2D eigenvalue weighted by atomic mass is 9.91. The van der Waals surface area contributed by atoms with Crippen molar-refractivity contribution >= 4 is 5.97 Å². The predicted octanol–water partition coefficient (Wildman–Crippen LogP) is 16.0. The van der Waals surface area contributed by atoms with Gasteiger partial charge in [-0.3, -0.25) is 4.79 Å². The first kappa shape index (κ1) is 60.3. The van der Waals surface area contributed by atoms with Crippen molar-refractivity contribution in [2.45, 2.75) is 237 Å². The quantitative estimate of drug-likeness (QED) is 0.0449. The molecule has 0 spiro atoms. The Balaban J connectivity index is 2.85. The molecule has 6 unspecified atom stereocenters. The van der Waals surface area contributed by atoms with Crippen LogP contribution < -0.4 is 0 Å². The zero-order valence-electron chi connectivity index (χ0n) is 44.7. The van der Waals surface area contributed by atoms with Crippen LogP contribution in [-0.2, 0) is 23.7 Å². The second-order valence-electron chi connectivity index (χ2n) is 23.4. The molecule has 1 rings (SSSR count). The van der Waals surface area contributed by atoms with Gasteiger partial charge in [-0.15, -0.1) is 0 Å². The number of ether oxygens (including phenoxy) is 4. The van der Waals surface area contributed by atoms with E-state index in [1.807, 2.05) is 0 Å². The molecule has 0 amide bonds. The van der Waals surface area contributed by atoms with Gasteiger partial charge < -0.3 is 23.8 Å². The molecule has 63 heavy (non-hydrogen) atoms. The molecule has 0 aromatic heterocycles. The van der Waals surface area contributed by atoms with E-state index >= 15 is 0 Å². The van der Waals surface area contributed by atoms with Crippen molar-refractivity contribution in [3.8, 4) is 0 Å². The monoisotopic (exact) mass is 892 g/mol. The minimum atomic E-state index is -0.527. The predicted molar refractivity (Wildman–Crippen MR) is 273 cm³/mol. The van der Waals surface area contributed by atoms with Crippen LogP contribution in [0.3, 0.4) is 0 Å². The Labute approximate surface area is 395 Å². The van der Waals surface area contributed by atoms with Crippen molar-refractivity contribution in [1.82, 2.24) is 4.90 Å². The molecule has 0 radical (unpaired) electrons. The highest BCUT2D eigenvalue weighted by molar-refractivity contribution is 5.69. The Morgan fingerprint density at radius 2 is 0.698 bits per heavy atom. The Kier molecular flexibility index (Phi) is 36.7. The minimum absolute atomic E-state index is 0.113. The molecule has 0 aliphatic carbocycles. The molecule has 1 saturated heterocycles. The molecule has 0 N–H and O–H groups in total. The summed E-state index contributed by atoms with van der Waals surface area (Å²) in [5, 5.41) is 0. The lowest BCUT2D eigenvalue weighted by Gasteiger charge is -2.33. The summed E-state index contributed by atoms with van der Waals surface area (Å²) >= 11 is 0. The average molecular weight is 893 g/mol. The first-order chi connectivity index (χ1) is 30.1. The summed E-state index contributed by atoms with van der Waals surface area (Å²) in [5.74, 6) is 6.66. The van der Waals surface area contributed by atoms with E-state index in [1.54, 1.807) is 0 Å². The zero-order chi connectivity index (χ0) is 46.7. The summed E-state index contributed by atoms with van der Waals surface area (Å²) in [7, 11) is 0. The maximum absolute atomic E-state index is 13.2. The lowest BCUT2D eigenvalue weighted by molar-refractivity contribution is -0.156. The number of hydrogen-bond acceptors (Lipinski definition) is 6. The molecule has 1 aliphatic heterocycles. The van der Waals surface area contributed by atoms with Crippen molar-refractivity contribution in [3.63, 3.8) is 0 Å². The highest BCUT2D eigenvalue weighted by Gasteiger charge is 2.34. The third-order valence-corrected chi connectivity index (χ3v) is 14.5. The van der Waals surface area contributed by atoms with Crippen molar-refractivity contribution in [2.75, 3.05) is 65.9 Å². The molecule has 6 heteroatoms. The van der Waals surface area contributed by atoms with Gasteiger partial charge in [-0.25, -0.2) is 0 Å². The minimum Gasteiger partial charge on any atom is -0.465 e. The third-order valence-electron chi connectivity index (χ3n) is 14.5. The summed E-state index contributed by atoms with van der Waals surface area (Å²) in [6, 6.07) is 0.